The quantitative estimate of drug-likeness (QED) is 0.471. The van der Waals surface area contributed by atoms with Gasteiger partial charge in [-0.25, -0.2) is 9.78 Å². The van der Waals surface area contributed by atoms with Crippen LogP contribution in [0.1, 0.15) is 26.7 Å². The molecular formula is C20H15ClN4O5S. The van der Waals surface area contributed by atoms with Gasteiger partial charge >= 0.3 is 5.97 Å². The zero-order valence-electron chi connectivity index (χ0n) is 15.9. The fourth-order valence-corrected chi connectivity index (χ4v) is 4.54. The summed E-state index contributed by atoms with van der Waals surface area (Å²) in [6, 6.07) is 10.3. The lowest BCUT2D eigenvalue weighted by atomic mass is 10.1. The number of aliphatic hydroxyl groups is 1. The normalized spacial score (nSPS) is 14.2. The van der Waals surface area contributed by atoms with Crippen LogP contribution in [0.15, 0.2) is 40.9 Å². The van der Waals surface area contributed by atoms with Crippen molar-refractivity contribution in [2.45, 2.75) is 12.6 Å². The molecule has 1 saturated heterocycles. The van der Waals surface area contributed by atoms with E-state index in [1.807, 2.05) is 6.07 Å². The molecule has 1 fully saturated rings. The van der Waals surface area contributed by atoms with E-state index in [1.165, 1.54) is 20.8 Å². The zero-order chi connectivity index (χ0) is 21.7. The number of hydrogen-bond acceptors (Lipinski definition) is 7. The molecule has 0 saturated carbocycles. The van der Waals surface area contributed by atoms with Crippen molar-refractivity contribution in [3.8, 4) is 10.6 Å². The highest BCUT2D eigenvalue weighted by Crippen LogP contribution is 2.32. The van der Waals surface area contributed by atoms with Crippen molar-refractivity contribution in [2.24, 2.45) is 0 Å². The predicted octanol–water partition coefficient (Wildman–Crippen LogP) is 2.97. The van der Waals surface area contributed by atoms with Crippen LogP contribution < -0.4 is 0 Å². The molecule has 5 rings (SSSR count). The first kappa shape index (κ1) is 19.7. The molecule has 0 aliphatic carbocycles. The molecule has 11 heteroatoms. The average Bonchev–Trinajstić information content (AvgIpc) is 3.44. The van der Waals surface area contributed by atoms with Crippen LogP contribution in [-0.4, -0.2) is 60.9 Å². The van der Waals surface area contributed by atoms with E-state index in [-0.39, 0.29) is 31.4 Å². The monoisotopic (exact) mass is 458 g/mol. The number of rotatable bonds is 5. The molecule has 1 aromatic carbocycles. The number of carboxylic acid groups (broad SMARTS) is 1. The number of aromatic nitrogens is 3. The van der Waals surface area contributed by atoms with E-state index in [4.69, 9.17) is 16.1 Å². The fraction of sp³-hybridized carbons (Fsp3) is 0.200. The highest BCUT2D eigenvalue weighted by Gasteiger charge is 2.31. The molecule has 0 radical (unpaired) electrons. The lowest BCUT2D eigenvalue weighted by molar-refractivity contribution is 0.00601. The number of carboxylic acids is 1. The number of carbonyl (C=O) groups is 2. The first-order chi connectivity index (χ1) is 14.9. The minimum atomic E-state index is -1.22. The third-order valence-electron chi connectivity index (χ3n) is 5.05. The Morgan fingerprint density at radius 2 is 2.06 bits per heavy atom. The summed E-state index contributed by atoms with van der Waals surface area (Å²) in [6.45, 7) is 0.590. The van der Waals surface area contributed by atoms with Gasteiger partial charge in [-0.3, -0.25) is 4.79 Å². The number of fused-ring (bicyclic) bond motifs is 1. The molecule has 0 spiro atoms. The second-order valence-electron chi connectivity index (χ2n) is 7.15. The Kier molecular flexibility index (Phi) is 4.77. The molecule has 4 heterocycles. The fourth-order valence-electron chi connectivity index (χ4n) is 3.55. The van der Waals surface area contributed by atoms with Gasteiger partial charge < -0.3 is 24.2 Å². The van der Waals surface area contributed by atoms with Crippen LogP contribution in [-0.2, 0) is 6.54 Å². The Labute approximate surface area is 184 Å². The van der Waals surface area contributed by atoms with Crippen molar-refractivity contribution in [3.05, 3.63) is 57.8 Å². The summed E-state index contributed by atoms with van der Waals surface area (Å²) < 4.78 is 7.49. The molecule has 1 aliphatic heterocycles. The van der Waals surface area contributed by atoms with Gasteiger partial charge in [0, 0.05) is 19.2 Å². The van der Waals surface area contributed by atoms with Crippen molar-refractivity contribution >= 4 is 45.8 Å². The van der Waals surface area contributed by atoms with Crippen molar-refractivity contribution in [1.82, 2.24) is 19.6 Å². The maximum atomic E-state index is 12.8. The summed E-state index contributed by atoms with van der Waals surface area (Å²) in [4.78, 5) is 31.2. The number of aliphatic hydroxyl groups excluding tert-OH is 1. The van der Waals surface area contributed by atoms with Crippen LogP contribution in [0.25, 0.3) is 21.7 Å². The van der Waals surface area contributed by atoms with Gasteiger partial charge in [0.15, 0.2) is 5.76 Å². The van der Waals surface area contributed by atoms with Crippen molar-refractivity contribution < 1.29 is 24.3 Å². The number of hydrogen-bond donors (Lipinski definition) is 2. The Morgan fingerprint density at radius 3 is 2.74 bits per heavy atom. The summed E-state index contributed by atoms with van der Waals surface area (Å²) in [5, 5.41) is 23.2. The number of para-hydroxylation sites is 1. The van der Waals surface area contributed by atoms with Crippen LogP contribution in [0.5, 0.6) is 0 Å². The maximum Gasteiger partial charge on any atom is 0.372 e. The van der Waals surface area contributed by atoms with E-state index >= 15 is 0 Å². The van der Waals surface area contributed by atoms with Crippen LogP contribution in [0.3, 0.4) is 0 Å². The van der Waals surface area contributed by atoms with Gasteiger partial charge in [-0.15, -0.1) is 11.3 Å². The molecule has 9 nitrogen and oxygen atoms in total. The zero-order valence-corrected chi connectivity index (χ0v) is 17.4. The Hall–Kier alpha value is -3.21. The number of halogens is 1. The summed E-state index contributed by atoms with van der Waals surface area (Å²) >= 11 is 7.32. The van der Waals surface area contributed by atoms with E-state index in [0.717, 1.165) is 4.88 Å². The number of benzene rings is 1. The third-order valence-corrected chi connectivity index (χ3v) is 6.29. The summed E-state index contributed by atoms with van der Waals surface area (Å²) in [6.07, 6.45) is -0.533. The molecule has 0 bridgehead atoms. The Bertz CT molecular complexity index is 1320. The first-order valence-electron chi connectivity index (χ1n) is 9.32. The lowest BCUT2D eigenvalue weighted by Gasteiger charge is -2.35. The highest BCUT2D eigenvalue weighted by molar-refractivity contribution is 7.19. The molecule has 31 heavy (non-hydrogen) atoms. The molecule has 0 atom stereocenters. The number of amides is 1. The van der Waals surface area contributed by atoms with Gasteiger partial charge in [-0.05, 0) is 24.3 Å². The molecule has 0 unspecified atom stereocenters. The largest absolute Gasteiger partial charge is 0.475 e. The third kappa shape index (κ3) is 3.48. The smallest absolute Gasteiger partial charge is 0.372 e. The van der Waals surface area contributed by atoms with Crippen molar-refractivity contribution in [2.75, 3.05) is 13.1 Å². The van der Waals surface area contributed by atoms with E-state index < -0.39 is 12.1 Å². The number of β-amino-alcohol motifs (C(OH)–C–C–N with tert-alkyl or cyclic N) is 1. The number of likely N-dealkylation sites (tertiary alicyclic amines) is 1. The summed E-state index contributed by atoms with van der Waals surface area (Å²) in [7, 11) is 0. The SMILES string of the molecule is O=C(O)c1nc2c(C(=O)N3CC(O)C3)cccc2n1Cc1cc(-c2ccc(Cl)s2)on1. The maximum absolute atomic E-state index is 12.8. The Balaban J connectivity index is 1.53. The highest BCUT2D eigenvalue weighted by atomic mass is 35.5. The standard InChI is InChI=1S/C20H15ClN4O5S/c21-16-5-4-15(31-16)14-6-10(23-30-14)7-25-13-3-1-2-12(17(13)22-18(25)20(28)29)19(27)24-8-11(26)9-24/h1-6,11,26H,7-9H2,(H,28,29). The van der Waals surface area contributed by atoms with Crippen LogP contribution in [0.4, 0.5) is 0 Å². The number of carbonyl (C=O) groups excluding carboxylic acids is 1. The van der Waals surface area contributed by atoms with E-state index in [0.29, 0.717) is 32.4 Å². The Morgan fingerprint density at radius 1 is 1.26 bits per heavy atom. The number of imidazole rings is 1. The predicted molar refractivity (Wildman–Crippen MR) is 113 cm³/mol. The van der Waals surface area contributed by atoms with Crippen molar-refractivity contribution in [3.63, 3.8) is 0 Å². The lowest BCUT2D eigenvalue weighted by Crippen LogP contribution is -2.53. The number of thiophene rings is 1. The van der Waals surface area contributed by atoms with Crippen LogP contribution in [0, 0.1) is 0 Å². The van der Waals surface area contributed by atoms with Gasteiger partial charge in [0.2, 0.25) is 5.82 Å². The van der Waals surface area contributed by atoms with E-state index in [1.54, 1.807) is 30.3 Å². The minimum Gasteiger partial charge on any atom is -0.475 e. The average molecular weight is 459 g/mol. The minimum absolute atomic E-state index is 0.0980. The van der Waals surface area contributed by atoms with Gasteiger partial charge in [0.05, 0.1) is 32.9 Å². The van der Waals surface area contributed by atoms with Crippen LogP contribution in [0.2, 0.25) is 4.34 Å². The van der Waals surface area contributed by atoms with E-state index in [2.05, 4.69) is 10.1 Å². The molecule has 1 aliphatic rings. The van der Waals surface area contributed by atoms with Gasteiger partial charge in [0.1, 0.15) is 11.2 Å². The second-order valence-corrected chi connectivity index (χ2v) is 8.87. The van der Waals surface area contributed by atoms with Gasteiger partial charge in [-0.2, -0.15) is 0 Å². The van der Waals surface area contributed by atoms with Crippen molar-refractivity contribution in [1.29, 1.82) is 0 Å². The number of aromatic carboxylic acids is 1. The molecule has 3 aromatic heterocycles. The molecule has 4 aromatic rings. The molecule has 1 amide bonds. The second kappa shape index (κ2) is 7.49. The first-order valence-corrected chi connectivity index (χ1v) is 10.5. The van der Waals surface area contributed by atoms with Gasteiger partial charge in [0.25, 0.3) is 5.91 Å². The van der Waals surface area contributed by atoms with Gasteiger partial charge in [-0.1, -0.05) is 22.8 Å². The number of nitrogens with zero attached hydrogens (tertiary/aromatic N) is 4. The molecule has 2 N–H and O–H groups in total. The topological polar surface area (TPSA) is 122 Å². The summed E-state index contributed by atoms with van der Waals surface area (Å²) in [5.41, 5.74) is 1.58. The molecule has 158 valence electrons. The van der Waals surface area contributed by atoms with E-state index in [9.17, 15) is 19.8 Å². The molecular weight excluding hydrogens is 444 g/mol. The summed E-state index contributed by atoms with van der Waals surface area (Å²) in [5.74, 6) is -1.19. The van der Waals surface area contributed by atoms with Crippen LogP contribution >= 0.6 is 22.9 Å².